The fourth-order valence-corrected chi connectivity index (χ4v) is 1.53. The molecule has 2 aromatic rings. The Morgan fingerprint density at radius 2 is 2.10 bits per heavy atom. The number of amides is 1. The molecule has 0 fully saturated rings. The fraction of sp³-hybridized carbons (Fsp3) is 0.154. The average molecular weight is 295 g/mol. The highest BCUT2D eigenvalue weighted by Crippen LogP contribution is 2.10. The van der Waals surface area contributed by atoms with E-state index >= 15 is 0 Å². The Labute approximate surface area is 122 Å². The second-order valence-electron chi connectivity index (χ2n) is 4.06. The van der Waals surface area contributed by atoms with Gasteiger partial charge in [0.15, 0.2) is 6.54 Å². The highest BCUT2D eigenvalue weighted by molar-refractivity contribution is 5.99. The normalized spacial score (nSPS) is 10.8. The molecule has 1 amide bonds. The summed E-state index contributed by atoms with van der Waals surface area (Å²) in [6.45, 7) is 1.99. The molecule has 0 saturated carbocycles. The molecule has 0 aliphatic heterocycles. The number of hydrogen-bond donors (Lipinski definition) is 3. The van der Waals surface area contributed by atoms with Crippen molar-refractivity contribution in [1.82, 2.24) is 10.4 Å². The summed E-state index contributed by atoms with van der Waals surface area (Å²) in [5, 5.41) is 13.2. The van der Waals surface area contributed by atoms with E-state index in [0.717, 1.165) is 5.56 Å². The van der Waals surface area contributed by atoms with Crippen LogP contribution >= 0.6 is 0 Å². The third-order valence-electron chi connectivity index (χ3n) is 2.56. The molecule has 1 aromatic carbocycles. The van der Waals surface area contributed by atoms with Crippen molar-refractivity contribution >= 4 is 11.6 Å². The predicted molar refractivity (Wildman–Crippen MR) is 69.4 cm³/mol. The molecule has 0 bridgehead atoms. The van der Waals surface area contributed by atoms with Gasteiger partial charge in [-0.15, -0.1) is 0 Å². The Morgan fingerprint density at radius 3 is 2.70 bits per heavy atom. The van der Waals surface area contributed by atoms with E-state index in [1.807, 2.05) is 0 Å². The van der Waals surface area contributed by atoms with Crippen molar-refractivity contribution in [3.8, 4) is 5.75 Å². The summed E-state index contributed by atoms with van der Waals surface area (Å²) in [6, 6.07) is 6.63. The van der Waals surface area contributed by atoms with Crippen molar-refractivity contribution in [3.63, 3.8) is 0 Å². The van der Waals surface area contributed by atoms with Crippen LogP contribution in [0.15, 0.2) is 48.1 Å². The first-order valence-corrected chi connectivity index (χ1v) is 5.79. The molecule has 0 radical (unpaired) electrons. The second-order valence-corrected chi connectivity index (χ2v) is 4.06. The number of aromatic amines is 1. The summed E-state index contributed by atoms with van der Waals surface area (Å²) in [5.74, 6) is -0.00725. The Bertz CT molecular complexity index is 579. The molecule has 0 aliphatic rings. The van der Waals surface area contributed by atoms with Crippen LogP contribution in [0.5, 0.6) is 5.75 Å². The van der Waals surface area contributed by atoms with Gasteiger partial charge in [0.05, 0.1) is 5.71 Å². The lowest BCUT2D eigenvalue weighted by molar-refractivity contribution is -0.683. The Balaban J connectivity index is 0.00000200. The number of nitrogens with zero attached hydrogens (tertiary/aromatic N) is 2. The Morgan fingerprint density at radius 1 is 1.40 bits per heavy atom. The van der Waals surface area contributed by atoms with Gasteiger partial charge in [0, 0.05) is 0 Å². The van der Waals surface area contributed by atoms with E-state index in [2.05, 4.69) is 15.5 Å². The number of carbonyl (C=O) groups is 1. The molecule has 0 spiro atoms. The summed E-state index contributed by atoms with van der Waals surface area (Å²) in [5.41, 5.74) is 4.00. The lowest BCUT2D eigenvalue weighted by atomic mass is 10.1. The van der Waals surface area contributed by atoms with E-state index in [-0.39, 0.29) is 30.6 Å². The average Bonchev–Trinajstić information content (AvgIpc) is 2.89. The van der Waals surface area contributed by atoms with Crippen molar-refractivity contribution in [2.75, 3.05) is 0 Å². The zero-order valence-electron chi connectivity index (χ0n) is 10.9. The molecular weight excluding hydrogens is 280 g/mol. The molecule has 3 N–H and O–H groups in total. The molecule has 106 valence electrons. The molecular formula is C13H15ClN4O2. The molecule has 7 heteroatoms. The number of phenols is 1. The summed E-state index contributed by atoms with van der Waals surface area (Å²) in [7, 11) is 0. The fourth-order valence-electron chi connectivity index (χ4n) is 1.53. The minimum absolute atomic E-state index is 0. The number of phenolic OH excluding ortho intramolecular Hbond substituents is 1. The van der Waals surface area contributed by atoms with Crippen molar-refractivity contribution in [1.29, 1.82) is 0 Å². The molecule has 1 heterocycles. The number of rotatable bonds is 4. The number of hydrazone groups is 1. The number of nitrogens with one attached hydrogen (secondary N) is 2. The smallest absolute Gasteiger partial charge is 0.282 e. The van der Waals surface area contributed by atoms with Gasteiger partial charge in [-0.3, -0.25) is 9.78 Å². The summed E-state index contributed by atoms with van der Waals surface area (Å²) < 4.78 is 1.71. The van der Waals surface area contributed by atoms with Crippen LogP contribution in [0.3, 0.4) is 0 Å². The highest BCUT2D eigenvalue weighted by Gasteiger charge is 2.05. The lowest BCUT2D eigenvalue weighted by Gasteiger charge is -2.02. The number of aromatic hydroxyl groups is 1. The maximum atomic E-state index is 11.6. The van der Waals surface area contributed by atoms with Crippen LogP contribution in [0.25, 0.3) is 0 Å². The molecule has 0 unspecified atom stereocenters. The zero-order valence-corrected chi connectivity index (χ0v) is 11.6. The van der Waals surface area contributed by atoms with Crippen molar-refractivity contribution in [3.05, 3.63) is 48.5 Å². The Kier molecular flexibility index (Phi) is 5.74. The van der Waals surface area contributed by atoms with E-state index in [9.17, 15) is 9.90 Å². The zero-order chi connectivity index (χ0) is 13.7. The minimum atomic E-state index is -0.206. The van der Waals surface area contributed by atoms with Crippen LogP contribution in [0.4, 0.5) is 0 Å². The quantitative estimate of drug-likeness (QED) is 0.332. The van der Waals surface area contributed by atoms with Gasteiger partial charge in [0.2, 0.25) is 6.33 Å². The third kappa shape index (κ3) is 4.40. The highest BCUT2D eigenvalue weighted by atomic mass is 35.5. The van der Waals surface area contributed by atoms with E-state index in [1.54, 1.807) is 54.5 Å². The van der Waals surface area contributed by atoms with Crippen LogP contribution in [0.2, 0.25) is 0 Å². The number of imidazole rings is 1. The number of carbonyl (C=O) groups excluding carboxylic acids is 1. The second kappa shape index (κ2) is 7.30. The van der Waals surface area contributed by atoms with Crippen molar-refractivity contribution in [2.45, 2.75) is 13.5 Å². The minimum Gasteiger partial charge on any atom is -1.00 e. The van der Waals surface area contributed by atoms with Gasteiger partial charge in [-0.2, -0.15) is 5.10 Å². The molecule has 0 saturated heterocycles. The van der Waals surface area contributed by atoms with Crippen molar-refractivity contribution < 1.29 is 26.9 Å². The van der Waals surface area contributed by atoms with Crippen LogP contribution < -0.4 is 22.4 Å². The first kappa shape index (κ1) is 15.7. The van der Waals surface area contributed by atoms with Gasteiger partial charge in [0.1, 0.15) is 18.1 Å². The number of H-pyrrole nitrogens is 1. The van der Waals surface area contributed by atoms with Crippen LogP contribution in [-0.4, -0.2) is 21.7 Å². The standard InChI is InChI=1S/C13H14N4O2.ClH/c1-10(11-2-4-12(18)5-3-11)15-16-13(19)8-17-7-6-14-9-17;/h2-7,9H,8H2,1H3,(H2,15,16,18,19);1H. The lowest BCUT2D eigenvalue weighted by Crippen LogP contribution is -3.00. The molecule has 6 nitrogen and oxygen atoms in total. The number of halogens is 1. The molecule has 0 aliphatic carbocycles. The van der Waals surface area contributed by atoms with E-state index in [1.165, 1.54) is 0 Å². The molecule has 0 atom stereocenters. The van der Waals surface area contributed by atoms with Gasteiger partial charge < -0.3 is 17.5 Å². The van der Waals surface area contributed by atoms with Crippen molar-refractivity contribution in [2.24, 2.45) is 5.10 Å². The monoisotopic (exact) mass is 294 g/mol. The largest absolute Gasteiger partial charge is 1.00 e. The summed E-state index contributed by atoms with van der Waals surface area (Å²) in [6.07, 6.45) is 5.19. The molecule has 1 aromatic heterocycles. The first-order valence-electron chi connectivity index (χ1n) is 5.79. The van der Waals surface area contributed by atoms with Gasteiger partial charge in [-0.1, -0.05) is 0 Å². The SMILES string of the molecule is CC(=NNC(=O)C[n+]1cc[nH]c1)c1ccc(O)cc1.[Cl-]. The third-order valence-corrected chi connectivity index (χ3v) is 2.56. The van der Waals surface area contributed by atoms with Gasteiger partial charge in [-0.25, -0.2) is 9.99 Å². The predicted octanol–water partition coefficient (Wildman–Crippen LogP) is -2.45. The number of aromatic nitrogens is 2. The molecule has 20 heavy (non-hydrogen) atoms. The Hall–Kier alpha value is -2.34. The first-order chi connectivity index (χ1) is 9.15. The van der Waals surface area contributed by atoms with Crippen LogP contribution in [0, 0.1) is 0 Å². The van der Waals surface area contributed by atoms with Gasteiger partial charge in [-0.05, 0) is 36.8 Å². The number of hydrogen-bond acceptors (Lipinski definition) is 3. The van der Waals surface area contributed by atoms with E-state index < -0.39 is 0 Å². The maximum absolute atomic E-state index is 11.6. The number of benzene rings is 1. The van der Waals surface area contributed by atoms with E-state index in [4.69, 9.17) is 0 Å². The topological polar surface area (TPSA) is 81.4 Å². The summed E-state index contributed by atoms with van der Waals surface area (Å²) in [4.78, 5) is 14.5. The van der Waals surface area contributed by atoms with Crippen LogP contribution in [0.1, 0.15) is 12.5 Å². The maximum Gasteiger partial charge on any atom is 0.282 e. The molecule has 2 rings (SSSR count). The van der Waals surface area contributed by atoms with Gasteiger partial charge in [0.25, 0.3) is 5.91 Å². The summed E-state index contributed by atoms with van der Waals surface area (Å²) >= 11 is 0. The van der Waals surface area contributed by atoms with Gasteiger partial charge >= 0.3 is 0 Å². The van der Waals surface area contributed by atoms with E-state index in [0.29, 0.717) is 5.71 Å². The van der Waals surface area contributed by atoms with Crippen LogP contribution in [-0.2, 0) is 11.3 Å².